The third kappa shape index (κ3) is 6.59. The number of nitrogens with one attached hydrogen (secondary N) is 3. The summed E-state index contributed by atoms with van der Waals surface area (Å²) in [5, 5.41) is 9.06. The van der Waals surface area contributed by atoms with E-state index in [1.165, 1.54) is 12.8 Å². The van der Waals surface area contributed by atoms with E-state index in [-0.39, 0.29) is 30.3 Å². The molecule has 3 amide bonds. The zero-order chi connectivity index (χ0) is 23.8. The number of anilines is 2. The second kappa shape index (κ2) is 11.7. The maximum absolute atomic E-state index is 12.7. The van der Waals surface area contributed by atoms with Gasteiger partial charge in [-0.1, -0.05) is 31.4 Å². The van der Waals surface area contributed by atoms with Gasteiger partial charge in [0.05, 0.1) is 6.54 Å². The van der Waals surface area contributed by atoms with Crippen LogP contribution in [-0.4, -0.2) is 48.3 Å². The van der Waals surface area contributed by atoms with Crippen LogP contribution in [-0.2, 0) is 4.79 Å². The van der Waals surface area contributed by atoms with Gasteiger partial charge in [0.15, 0.2) is 0 Å². The zero-order valence-electron chi connectivity index (χ0n) is 19.6. The van der Waals surface area contributed by atoms with Crippen LogP contribution in [0.15, 0.2) is 48.5 Å². The summed E-state index contributed by atoms with van der Waals surface area (Å²) < 4.78 is 0. The molecule has 34 heavy (non-hydrogen) atoms. The Morgan fingerprint density at radius 2 is 1.44 bits per heavy atom. The third-order valence-corrected chi connectivity index (χ3v) is 6.55. The number of piperidine rings is 1. The summed E-state index contributed by atoms with van der Waals surface area (Å²) >= 11 is 0. The van der Waals surface area contributed by atoms with Crippen molar-refractivity contribution in [1.82, 2.24) is 10.2 Å². The lowest BCUT2D eigenvalue weighted by atomic mass is 9.95. The second-order valence-electron chi connectivity index (χ2n) is 9.22. The quantitative estimate of drug-likeness (QED) is 0.568. The average Bonchev–Trinajstić information content (AvgIpc) is 2.88. The average molecular weight is 463 g/mol. The van der Waals surface area contributed by atoms with Crippen LogP contribution in [0.3, 0.4) is 0 Å². The molecule has 1 aliphatic carbocycles. The van der Waals surface area contributed by atoms with Gasteiger partial charge in [0, 0.05) is 41.6 Å². The molecule has 0 aromatic heterocycles. The van der Waals surface area contributed by atoms with Gasteiger partial charge >= 0.3 is 0 Å². The van der Waals surface area contributed by atoms with Crippen molar-refractivity contribution in [3.63, 3.8) is 0 Å². The van der Waals surface area contributed by atoms with Crippen LogP contribution in [0.1, 0.15) is 72.1 Å². The summed E-state index contributed by atoms with van der Waals surface area (Å²) in [6.45, 7) is 1.63. The molecule has 1 saturated carbocycles. The Balaban J connectivity index is 1.29. The molecule has 1 aliphatic heterocycles. The van der Waals surface area contributed by atoms with Crippen LogP contribution < -0.4 is 16.0 Å². The molecule has 0 radical (unpaired) electrons. The van der Waals surface area contributed by atoms with Crippen molar-refractivity contribution in [3.8, 4) is 0 Å². The summed E-state index contributed by atoms with van der Waals surface area (Å²) in [6.07, 6.45) is 8.89. The van der Waals surface area contributed by atoms with Crippen molar-refractivity contribution in [2.75, 3.05) is 30.3 Å². The van der Waals surface area contributed by atoms with Crippen LogP contribution in [0.2, 0.25) is 0 Å². The van der Waals surface area contributed by atoms with Crippen LogP contribution in [0, 0.1) is 0 Å². The number of carbonyl (C=O) groups is 3. The van der Waals surface area contributed by atoms with E-state index in [1.807, 2.05) is 17.0 Å². The normalized spacial score (nSPS) is 16.5. The first-order chi connectivity index (χ1) is 16.6. The molecule has 180 valence electrons. The van der Waals surface area contributed by atoms with Gasteiger partial charge in [-0.2, -0.15) is 0 Å². The Bertz CT molecular complexity index is 1010. The van der Waals surface area contributed by atoms with Crippen LogP contribution in [0.25, 0.3) is 0 Å². The number of hydrogen-bond acceptors (Lipinski definition) is 4. The Hall–Kier alpha value is -3.35. The van der Waals surface area contributed by atoms with Crippen LogP contribution >= 0.6 is 0 Å². The molecule has 3 N–H and O–H groups in total. The minimum absolute atomic E-state index is 0.0113. The first kappa shape index (κ1) is 23.8. The molecular weight excluding hydrogens is 428 g/mol. The van der Waals surface area contributed by atoms with E-state index >= 15 is 0 Å². The molecule has 2 aliphatic rings. The lowest BCUT2D eigenvalue weighted by Gasteiger charge is -2.26. The van der Waals surface area contributed by atoms with Gasteiger partial charge in [-0.15, -0.1) is 0 Å². The number of hydrogen-bond donors (Lipinski definition) is 3. The van der Waals surface area contributed by atoms with Crippen molar-refractivity contribution in [2.24, 2.45) is 0 Å². The number of nitrogens with zero attached hydrogens (tertiary/aromatic N) is 1. The Labute approximate surface area is 201 Å². The van der Waals surface area contributed by atoms with E-state index < -0.39 is 0 Å². The minimum atomic E-state index is -0.223. The molecule has 7 heteroatoms. The van der Waals surface area contributed by atoms with Crippen LogP contribution in [0.4, 0.5) is 11.4 Å². The number of benzene rings is 2. The van der Waals surface area contributed by atoms with E-state index in [2.05, 4.69) is 16.0 Å². The fourth-order valence-corrected chi connectivity index (χ4v) is 4.68. The number of carbonyl (C=O) groups excluding carboxylic acids is 3. The van der Waals surface area contributed by atoms with Gasteiger partial charge in [0.2, 0.25) is 5.91 Å². The van der Waals surface area contributed by atoms with Gasteiger partial charge in [-0.3, -0.25) is 14.4 Å². The molecule has 4 rings (SSSR count). The standard InChI is InChI=1S/C27H34N4O3/c32-25(29-24-14-8-10-21(18-24)27(34)31-15-5-2-6-16-31)19-28-23-13-7-9-20(17-23)26(33)30-22-11-3-1-4-12-22/h7-10,13-14,17-18,22,28H,1-6,11-12,15-16,19H2,(H,29,32)(H,30,33). The van der Waals surface area contributed by atoms with Crippen molar-refractivity contribution in [3.05, 3.63) is 59.7 Å². The Morgan fingerprint density at radius 1 is 0.794 bits per heavy atom. The zero-order valence-corrected chi connectivity index (χ0v) is 19.6. The molecule has 1 saturated heterocycles. The highest BCUT2D eigenvalue weighted by molar-refractivity contribution is 5.98. The maximum atomic E-state index is 12.7. The highest BCUT2D eigenvalue weighted by Gasteiger charge is 2.19. The van der Waals surface area contributed by atoms with E-state index in [4.69, 9.17) is 0 Å². The Morgan fingerprint density at radius 3 is 2.21 bits per heavy atom. The summed E-state index contributed by atoms with van der Waals surface area (Å²) in [5.41, 5.74) is 2.47. The SMILES string of the molecule is O=C(CNc1cccc(C(=O)NC2CCCCC2)c1)Nc1cccc(C(=O)N2CCCCC2)c1. The summed E-state index contributed by atoms with van der Waals surface area (Å²) in [7, 11) is 0. The summed E-state index contributed by atoms with van der Waals surface area (Å²) in [4.78, 5) is 39.7. The fraction of sp³-hybridized carbons (Fsp3) is 0.444. The largest absolute Gasteiger partial charge is 0.376 e. The molecule has 0 spiro atoms. The lowest BCUT2D eigenvalue weighted by molar-refractivity contribution is -0.114. The van der Waals surface area contributed by atoms with Crippen LogP contribution in [0.5, 0.6) is 0 Å². The molecule has 1 heterocycles. The summed E-state index contributed by atoms with van der Waals surface area (Å²) in [6, 6.07) is 14.5. The topological polar surface area (TPSA) is 90.5 Å². The smallest absolute Gasteiger partial charge is 0.253 e. The summed E-state index contributed by atoms with van der Waals surface area (Å²) in [5.74, 6) is -0.285. The first-order valence-electron chi connectivity index (χ1n) is 12.4. The molecule has 2 aromatic rings. The number of amides is 3. The van der Waals surface area contributed by atoms with Gasteiger partial charge in [0.25, 0.3) is 11.8 Å². The molecular formula is C27H34N4O3. The van der Waals surface area contributed by atoms with Gasteiger partial charge in [0.1, 0.15) is 0 Å². The fourth-order valence-electron chi connectivity index (χ4n) is 4.68. The highest BCUT2D eigenvalue weighted by atomic mass is 16.2. The van der Waals surface area contributed by atoms with E-state index in [0.29, 0.717) is 22.5 Å². The van der Waals surface area contributed by atoms with Crippen molar-refractivity contribution in [2.45, 2.75) is 57.4 Å². The second-order valence-corrected chi connectivity index (χ2v) is 9.22. The molecule has 2 aromatic carbocycles. The third-order valence-electron chi connectivity index (χ3n) is 6.55. The van der Waals surface area contributed by atoms with Crippen molar-refractivity contribution >= 4 is 29.1 Å². The van der Waals surface area contributed by atoms with Crippen molar-refractivity contribution in [1.29, 1.82) is 0 Å². The maximum Gasteiger partial charge on any atom is 0.253 e. The van der Waals surface area contributed by atoms with Gasteiger partial charge < -0.3 is 20.9 Å². The monoisotopic (exact) mass is 462 g/mol. The van der Waals surface area contributed by atoms with E-state index in [1.54, 1.807) is 36.4 Å². The molecule has 7 nitrogen and oxygen atoms in total. The highest BCUT2D eigenvalue weighted by Crippen LogP contribution is 2.19. The number of likely N-dealkylation sites (tertiary alicyclic amines) is 1. The van der Waals surface area contributed by atoms with E-state index in [0.717, 1.165) is 51.6 Å². The van der Waals surface area contributed by atoms with Crippen molar-refractivity contribution < 1.29 is 14.4 Å². The van der Waals surface area contributed by atoms with Gasteiger partial charge in [-0.05, 0) is 68.5 Å². The van der Waals surface area contributed by atoms with E-state index in [9.17, 15) is 14.4 Å². The molecule has 0 atom stereocenters. The number of rotatable bonds is 7. The predicted octanol–water partition coefficient (Wildman–Crippen LogP) is 4.43. The molecule has 0 bridgehead atoms. The molecule has 2 fully saturated rings. The minimum Gasteiger partial charge on any atom is -0.376 e. The first-order valence-corrected chi connectivity index (χ1v) is 12.4. The molecule has 0 unspecified atom stereocenters. The van der Waals surface area contributed by atoms with Gasteiger partial charge in [-0.25, -0.2) is 0 Å². The Kier molecular flexibility index (Phi) is 8.17. The lowest BCUT2D eigenvalue weighted by Crippen LogP contribution is -2.36. The predicted molar refractivity (Wildman–Crippen MR) is 134 cm³/mol.